The van der Waals surface area contributed by atoms with E-state index in [9.17, 15) is 18.0 Å². The van der Waals surface area contributed by atoms with Gasteiger partial charge in [-0.15, -0.1) is 0 Å². The first-order valence-corrected chi connectivity index (χ1v) is 7.98. The molecule has 0 radical (unpaired) electrons. The number of hydrogen-bond donors (Lipinski definition) is 0. The van der Waals surface area contributed by atoms with Crippen molar-refractivity contribution in [2.45, 2.75) is 11.7 Å². The second kappa shape index (κ2) is 5.37. The maximum absolute atomic E-state index is 11.9. The number of anilines is 1. The van der Waals surface area contributed by atoms with Crippen molar-refractivity contribution in [2.75, 3.05) is 18.6 Å². The third kappa shape index (κ3) is 2.75. The Kier molecular flexibility index (Phi) is 3.96. The van der Waals surface area contributed by atoms with E-state index in [2.05, 4.69) is 9.72 Å². The molecular weight excluding hydrogens is 308 g/mol. The van der Waals surface area contributed by atoms with Gasteiger partial charge in [-0.1, -0.05) is 0 Å². The van der Waals surface area contributed by atoms with Crippen molar-refractivity contribution in [3.63, 3.8) is 0 Å². The van der Waals surface area contributed by atoms with Gasteiger partial charge >= 0.3 is 5.97 Å². The molecule has 1 fully saturated rings. The molecule has 0 aliphatic carbocycles. The lowest BCUT2D eigenvalue weighted by Crippen LogP contribution is -2.28. The van der Waals surface area contributed by atoms with Crippen molar-refractivity contribution in [2.24, 2.45) is 0 Å². The van der Waals surface area contributed by atoms with Crippen LogP contribution in [0.25, 0.3) is 0 Å². The maximum Gasteiger partial charge on any atom is 0.340 e. The first-order chi connectivity index (χ1) is 9.34. The van der Waals surface area contributed by atoms with Gasteiger partial charge in [0.05, 0.1) is 24.6 Å². The predicted molar refractivity (Wildman–Crippen MR) is 71.1 cm³/mol. The lowest BCUT2D eigenvalue weighted by Gasteiger charge is -2.18. The Balaban J connectivity index is 2.38. The van der Waals surface area contributed by atoms with Crippen LogP contribution in [-0.4, -0.2) is 44.2 Å². The summed E-state index contributed by atoms with van der Waals surface area (Å²) in [4.78, 5) is 28.6. The van der Waals surface area contributed by atoms with Crippen LogP contribution in [0.15, 0.2) is 18.5 Å². The minimum absolute atomic E-state index is 0.111. The van der Waals surface area contributed by atoms with Crippen LogP contribution >= 0.6 is 10.7 Å². The van der Waals surface area contributed by atoms with Gasteiger partial charge in [0.15, 0.2) is 0 Å². The minimum atomic E-state index is -3.84. The highest BCUT2D eigenvalue weighted by atomic mass is 35.7. The Morgan fingerprint density at radius 2 is 2.25 bits per heavy atom. The molecule has 0 aromatic carbocycles. The van der Waals surface area contributed by atoms with Crippen molar-refractivity contribution in [3.8, 4) is 0 Å². The van der Waals surface area contributed by atoms with E-state index >= 15 is 0 Å². The van der Waals surface area contributed by atoms with E-state index in [1.165, 1.54) is 30.5 Å². The van der Waals surface area contributed by atoms with Crippen LogP contribution in [0.4, 0.5) is 5.69 Å². The summed E-state index contributed by atoms with van der Waals surface area (Å²) in [6.07, 6.45) is 2.47. The molecule has 1 aliphatic rings. The van der Waals surface area contributed by atoms with Crippen LogP contribution < -0.4 is 4.90 Å². The second-order valence-electron chi connectivity index (χ2n) is 4.19. The third-order valence-corrected chi connectivity index (χ3v) is 4.85. The highest BCUT2D eigenvalue weighted by Crippen LogP contribution is 2.28. The summed E-state index contributed by atoms with van der Waals surface area (Å²) in [7, 11) is 2.64. The lowest BCUT2D eigenvalue weighted by atomic mass is 10.2. The summed E-state index contributed by atoms with van der Waals surface area (Å²) in [5.41, 5.74) is 0.357. The van der Waals surface area contributed by atoms with E-state index in [0.717, 1.165) is 0 Å². The molecule has 0 N–H and O–H groups in total. The van der Waals surface area contributed by atoms with Gasteiger partial charge in [-0.3, -0.25) is 9.78 Å². The highest BCUT2D eigenvalue weighted by Gasteiger charge is 2.39. The SMILES string of the molecule is COC(=O)c1ccncc1N1CC(S(=O)(=O)Cl)CC1=O. The zero-order valence-corrected chi connectivity index (χ0v) is 12.0. The zero-order chi connectivity index (χ0) is 14.9. The number of methoxy groups -OCH3 is 1. The molecule has 0 saturated carbocycles. The monoisotopic (exact) mass is 318 g/mol. The number of nitrogens with zero attached hydrogens (tertiary/aromatic N) is 2. The van der Waals surface area contributed by atoms with Gasteiger partial charge < -0.3 is 9.64 Å². The van der Waals surface area contributed by atoms with Crippen LogP contribution in [0.3, 0.4) is 0 Å². The molecule has 0 spiro atoms. The molecule has 108 valence electrons. The number of hydrogen-bond acceptors (Lipinski definition) is 6. The normalized spacial score (nSPS) is 19.2. The molecule has 1 aliphatic heterocycles. The molecule has 1 amide bonds. The van der Waals surface area contributed by atoms with Crippen molar-refractivity contribution in [1.29, 1.82) is 0 Å². The average Bonchev–Trinajstić information content (AvgIpc) is 2.80. The molecule has 1 unspecified atom stereocenters. The molecule has 1 aromatic heterocycles. The summed E-state index contributed by atoms with van der Waals surface area (Å²) < 4.78 is 27.2. The average molecular weight is 319 g/mol. The molecule has 1 atom stereocenters. The van der Waals surface area contributed by atoms with Gasteiger partial charge in [-0.25, -0.2) is 13.2 Å². The first-order valence-electron chi connectivity index (χ1n) is 5.60. The molecule has 2 heterocycles. The molecule has 1 saturated heterocycles. The Bertz CT molecular complexity index is 661. The van der Waals surface area contributed by atoms with E-state index in [-0.39, 0.29) is 24.2 Å². The standard InChI is InChI=1S/C11H11ClN2O5S/c1-19-11(16)8-2-3-13-5-9(8)14-6-7(4-10(14)15)20(12,17)18/h2-3,5,7H,4,6H2,1H3. The number of amides is 1. The van der Waals surface area contributed by atoms with Gasteiger partial charge in [0.2, 0.25) is 15.0 Å². The quantitative estimate of drug-likeness (QED) is 0.596. The fourth-order valence-corrected chi connectivity index (χ4v) is 3.01. The third-order valence-electron chi connectivity index (χ3n) is 2.98. The molecule has 7 nitrogen and oxygen atoms in total. The minimum Gasteiger partial charge on any atom is -0.465 e. The topological polar surface area (TPSA) is 93.6 Å². The second-order valence-corrected chi connectivity index (χ2v) is 7.10. The zero-order valence-electron chi connectivity index (χ0n) is 10.4. The van der Waals surface area contributed by atoms with E-state index in [0.29, 0.717) is 0 Å². The summed E-state index contributed by atoms with van der Waals surface area (Å²) in [5.74, 6) is -1.07. The number of carbonyl (C=O) groups excluding carboxylic acids is 2. The smallest absolute Gasteiger partial charge is 0.340 e. The predicted octanol–water partition coefficient (Wildman–Crippen LogP) is 0.542. The van der Waals surface area contributed by atoms with Gasteiger partial charge in [0.25, 0.3) is 0 Å². The summed E-state index contributed by atoms with van der Waals surface area (Å²) in [6, 6.07) is 1.40. The van der Waals surface area contributed by atoms with E-state index in [1.54, 1.807) is 0 Å². The van der Waals surface area contributed by atoms with Gasteiger partial charge in [0, 0.05) is 29.8 Å². The Morgan fingerprint density at radius 3 is 2.80 bits per heavy atom. The van der Waals surface area contributed by atoms with Gasteiger partial charge in [0.1, 0.15) is 5.25 Å². The number of rotatable bonds is 3. The summed E-state index contributed by atoms with van der Waals surface area (Å²) >= 11 is 0. The van der Waals surface area contributed by atoms with Crippen LogP contribution in [-0.2, 0) is 18.6 Å². The number of carbonyl (C=O) groups is 2. The fourth-order valence-electron chi connectivity index (χ4n) is 1.98. The van der Waals surface area contributed by atoms with Crippen molar-refractivity contribution in [1.82, 2.24) is 4.98 Å². The van der Waals surface area contributed by atoms with Crippen LogP contribution in [0.5, 0.6) is 0 Å². The van der Waals surface area contributed by atoms with E-state index < -0.39 is 26.2 Å². The number of aromatic nitrogens is 1. The van der Waals surface area contributed by atoms with Crippen molar-refractivity contribution < 1.29 is 22.7 Å². The molecule has 0 bridgehead atoms. The van der Waals surface area contributed by atoms with Crippen LogP contribution in [0.1, 0.15) is 16.8 Å². The largest absolute Gasteiger partial charge is 0.465 e. The fraction of sp³-hybridized carbons (Fsp3) is 0.364. The lowest BCUT2D eigenvalue weighted by molar-refractivity contribution is -0.117. The molecular formula is C11H11ClN2O5S. The summed E-state index contributed by atoms with van der Waals surface area (Å²) in [5, 5.41) is -0.998. The molecule has 20 heavy (non-hydrogen) atoms. The molecule has 1 aromatic rings. The van der Waals surface area contributed by atoms with Gasteiger partial charge in [-0.05, 0) is 6.07 Å². The van der Waals surface area contributed by atoms with Crippen LogP contribution in [0, 0.1) is 0 Å². The molecule has 9 heteroatoms. The van der Waals surface area contributed by atoms with E-state index in [1.807, 2.05) is 0 Å². The Morgan fingerprint density at radius 1 is 1.55 bits per heavy atom. The molecule has 2 rings (SSSR count). The maximum atomic E-state index is 11.9. The van der Waals surface area contributed by atoms with Crippen molar-refractivity contribution in [3.05, 3.63) is 24.0 Å². The Labute approximate surface area is 119 Å². The summed E-state index contributed by atoms with van der Waals surface area (Å²) in [6.45, 7) is -0.111. The number of esters is 1. The highest BCUT2D eigenvalue weighted by molar-refractivity contribution is 8.14. The number of pyridine rings is 1. The van der Waals surface area contributed by atoms with E-state index in [4.69, 9.17) is 10.7 Å². The first kappa shape index (κ1) is 14.7. The van der Waals surface area contributed by atoms with Gasteiger partial charge in [-0.2, -0.15) is 0 Å². The van der Waals surface area contributed by atoms with Crippen molar-refractivity contribution >= 4 is 37.3 Å². The number of halogens is 1. The van der Waals surface area contributed by atoms with Crippen LogP contribution in [0.2, 0.25) is 0 Å². The number of ether oxygens (including phenoxy) is 1. The Hall–Kier alpha value is -1.67.